The number of rotatable bonds is 2. The average molecular weight is 190 g/mol. The molecular weight excluding hydrogens is 176 g/mol. The third-order valence-electron chi connectivity index (χ3n) is 2.33. The largest absolute Gasteiger partial charge is 0.465 e. The summed E-state index contributed by atoms with van der Waals surface area (Å²) in [5.41, 5.74) is 3.37. The van der Waals surface area contributed by atoms with Gasteiger partial charge in [0.2, 0.25) is 0 Å². The first-order valence-corrected chi connectivity index (χ1v) is 4.79. The van der Waals surface area contributed by atoms with Crippen LogP contribution in [0, 0.1) is 6.92 Å². The van der Waals surface area contributed by atoms with Crippen molar-refractivity contribution in [2.24, 2.45) is 7.05 Å². The van der Waals surface area contributed by atoms with Gasteiger partial charge in [-0.15, -0.1) is 0 Å². The molecule has 0 fully saturated rings. The lowest BCUT2D eigenvalue weighted by Crippen LogP contribution is -1.99. The monoisotopic (exact) mass is 190 g/mol. The van der Waals surface area contributed by atoms with Gasteiger partial charge in [0.05, 0.1) is 17.6 Å². The van der Waals surface area contributed by atoms with Crippen molar-refractivity contribution in [2.45, 2.75) is 13.8 Å². The molecule has 0 amide bonds. The first kappa shape index (κ1) is 9.06. The first-order chi connectivity index (χ1) is 6.74. The highest BCUT2D eigenvalue weighted by atomic mass is 16.5. The summed E-state index contributed by atoms with van der Waals surface area (Å²) < 4.78 is 7.42. The van der Waals surface area contributed by atoms with Crippen molar-refractivity contribution >= 4 is 11.0 Å². The Kier molecular flexibility index (Phi) is 2.15. The minimum atomic E-state index is 0.649. The average Bonchev–Trinajstić information content (AvgIpc) is 2.46. The Morgan fingerprint density at radius 3 is 2.86 bits per heavy atom. The number of imidazole rings is 1. The molecule has 0 saturated carbocycles. The van der Waals surface area contributed by atoms with Gasteiger partial charge in [-0.25, -0.2) is 0 Å². The highest BCUT2D eigenvalue weighted by Gasteiger charge is 2.09. The molecule has 2 rings (SSSR count). The van der Waals surface area contributed by atoms with E-state index >= 15 is 0 Å². The second-order valence-corrected chi connectivity index (χ2v) is 3.33. The number of hydrogen-bond donors (Lipinski definition) is 0. The fourth-order valence-corrected chi connectivity index (χ4v) is 1.70. The predicted molar refractivity (Wildman–Crippen MR) is 56.6 cm³/mol. The maximum Gasteiger partial charge on any atom is 0.297 e. The molecule has 0 bridgehead atoms. The molecule has 0 radical (unpaired) electrons. The zero-order chi connectivity index (χ0) is 10.1. The van der Waals surface area contributed by atoms with Gasteiger partial charge in [0.15, 0.2) is 0 Å². The van der Waals surface area contributed by atoms with Crippen LogP contribution in [0.5, 0.6) is 6.01 Å². The molecule has 3 nitrogen and oxygen atoms in total. The van der Waals surface area contributed by atoms with Crippen molar-refractivity contribution in [3.05, 3.63) is 23.8 Å². The van der Waals surface area contributed by atoms with Gasteiger partial charge in [0.25, 0.3) is 6.01 Å². The van der Waals surface area contributed by atoms with Gasteiger partial charge in [0, 0.05) is 7.05 Å². The number of ether oxygens (including phenoxy) is 1. The molecule has 0 aliphatic rings. The number of para-hydroxylation sites is 1. The highest BCUT2D eigenvalue weighted by molar-refractivity contribution is 5.80. The lowest BCUT2D eigenvalue weighted by molar-refractivity contribution is 0.304. The van der Waals surface area contributed by atoms with E-state index in [1.54, 1.807) is 0 Å². The van der Waals surface area contributed by atoms with E-state index in [1.807, 2.05) is 30.7 Å². The zero-order valence-corrected chi connectivity index (χ0v) is 8.74. The number of fused-ring (bicyclic) bond motifs is 1. The van der Waals surface area contributed by atoms with E-state index in [1.165, 1.54) is 5.56 Å². The Hall–Kier alpha value is -1.51. The summed E-state index contributed by atoms with van der Waals surface area (Å²) in [5, 5.41) is 0. The van der Waals surface area contributed by atoms with Crippen molar-refractivity contribution in [1.82, 2.24) is 9.55 Å². The molecule has 14 heavy (non-hydrogen) atoms. The molecule has 1 heterocycles. The second-order valence-electron chi connectivity index (χ2n) is 3.33. The summed E-state index contributed by atoms with van der Waals surface area (Å²) in [6.07, 6.45) is 0. The Bertz CT molecular complexity index is 460. The molecule has 0 aliphatic carbocycles. The topological polar surface area (TPSA) is 27.1 Å². The van der Waals surface area contributed by atoms with Crippen LogP contribution in [0.4, 0.5) is 0 Å². The molecule has 2 aromatic rings. The molecule has 0 atom stereocenters. The van der Waals surface area contributed by atoms with Crippen molar-refractivity contribution in [1.29, 1.82) is 0 Å². The van der Waals surface area contributed by atoms with Crippen molar-refractivity contribution < 1.29 is 4.74 Å². The van der Waals surface area contributed by atoms with Crippen LogP contribution < -0.4 is 4.74 Å². The normalized spacial score (nSPS) is 10.8. The Balaban J connectivity index is 2.68. The SMILES string of the molecule is CCOc1nc2cccc(C)c2n1C. The summed E-state index contributed by atoms with van der Waals surface area (Å²) >= 11 is 0. The van der Waals surface area contributed by atoms with Crippen LogP contribution in [-0.4, -0.2) is 16.2 Å². The van der Waals surface area contributed by atoms with Gasteiger partial charge < -0.3 is 4.74 Å². The summed E-state index contributed by atoms with van der Waals surface area (Å²) in [4.78, 5) is 4.40. The standard InChI is InChI=1S/C11H14N2O/c1-4-14-11-12-9-7-5-6-8(2)10(9)13(11)3/h5-7H,4H2,1-3H3. The Labute approximate surface area is 83.3 Å². The lowest BCUT2D eigenvalue weighted by Gasteiger charge is -2.02. The van der Waals surface area contributed by atoms with Gasteiger partial charge in [-0.05, 0) is 25.5 Å². The third kappa shape index (κ3) is 1.25. The first-order valence-electron chi connectivity index (χ1n) is 4.79. The predicted octanol–water partition coefficient (Wildman–Crippen LogP) is 2.28. The fraction of sp³-hybridized carbons (Fsp3) is 0.364. The van der Waals surface area contributed by atoms with Crippen LogP contribution in [0.25, 0.3) is 11.0 Å². The molecule has 0 spiro atoms. The summed E-state index contributed by atoms with van der Waals surface area (Å²) in [7, 11) is 1.98. The van der Waals surface area contributed by atoms with Crippen LogP contribution in [0.3, 0.4) is 0 Å². The fourth-order valence-electron chi connectivity index (χ4n) is 1.70. The minimum Gasteiger partial charge on any atom is -0.465 e. The summed E-state index contributed by atoms with van der Waals surface area (Å²) in [6, 6.07) is 6.79. The molecule has 0 N–H and O–H groups in total. The van der Waals surface area contributed by atoms with Crippen LogP contribution in [0.2, 0.25) is 0 Å². The van der Waals surface area contributed by atoms with E-state index in [9.17, 15) is 0 Å². The van der Waals surface area contributed by atoms with Crippen LogP contribution in [0.15, 0.2) is 18.2 Å². The highest BCUT2D eigenvalue weighted by Crippen LogP contribution is 2.22. The van der Waals surface area contributed by atoms with Crippen molar-refractivity contribution in [3.63, 3.8) is 0 Å². The zero-order valence-electron chi connectivity index (χ0n) is 8.74. The molecule has 3 heteroatoms. The Morgan fingerprint density at radius 2 is 2.21 bits per heavy atom. The van der Waals surface area contributed by atoms with Crippen molar-refractivity contribution in [2.75, 3.05) is 6.61 Å². The van der Waals surface area contributed by atoms with E-state index in [-0.39, 0.29) is 0 Å². The van der Waals surface area contributed by atoms with Crippen LogP contribution in [-0.2, 0) is 7.05 Å². The molecule has 1 aromatic heterocycles. The van der Waals surface area contributed by atoms with E-state index in [0.717, 1.165) is 11.0 Å². The molecular formula is C11H14N2O. The van der Waals surface area contributed by atoms with Crippen molar-refractivity contribution in [3.8, 4) is 6.01 Å². The van der Waals surface area contributed by atoms with Gasteiger partial charge in [0.1, 0.15) is 0 Å². The number of aromatic nitrogens is 2. The second kappa shape index (κ2) is 3.33. The van der Waals surface area contributed by atoms with E-state index in [4.69, 9.17) is 4.74 Å². The van der Waals surface area contributed by atoms with E-state index < -0.39 is 0 Å². The number of nitrogens with zero attached hydrogens (tertiary/aromatic N) is 2. The lowest BCUT2D eigenvalue weighted by atomic mass is 10.2. The minimum absolute atomic E-state index is 0.649. The quantitative estimate of drug-likeness (QED) is 0.726. The van der Waals surface area contributed by atoms with Gasteiger partial charge in [-0.1, -0.05) is 12.1 Å². The van der Waals surface area contributed by atoms with Crippen LogP contribution in [0.1, 0.15) is 12.5 Å². The molecule has 1 aromatic carbocycles. The maximum absolute atomic E-state index is 5.43. The summed E-state index contributed by atoms with van der Waals surface area (Å²) in [5.74, 6) is 0. The summed E-state index contributed by atoms with van der Waals surface area (Å²) in [6.45, 7) is 4.70. The maximum atomic E-state index is 5.43. The third-order valence-corrected chi connectivity index (χ3v) is 2.33. The Morgan fingerprint density at radius 1 is 1.43 bits per heavy atom. The molecule has 0 saturated heterocycles. The molecule has 0 aliphatic heterocycles. The van der Waals surface area contributed by atoms with Gasteiger partial charge in [-0.3, -0.25) is 4.57 Å². The van der Waals surface area contributed by atoms with E-state index in [2.05, 4.69) is 18.0 Å². The van der Waals surface area contributed by atoms with E-state index in [0.29, 0.717) is 12.6 Å². The number of hydrogen-bond acceptors (Lipinski definition) is 2. The molecule has 74 valence electrons. The number of benzene rings is 1. The van der Waals surface area contributed by atoms with Gasteiger partial charge in [-0.2, -0.15) is 4.98 Å². The number of aryl methyl sites for hydroxylation is 2. The molecule has 0 unspecified atom stereocenters. The smallest absolute Gasteiger partial charge is 0.297 e. The van der Waals surface area contributed by atoms with Gasteiger partial charge >= 0.3 is 0 Å². The van der Waals surface area contributed by atoms with Crippen LogP contribution >= 0.6 is 0 Å².